The standard InChI is InChI=1S/C15H12N4O7/c20-14(21)13(9-4-2-1-3-5-9)17-15(22)16-10-6-11(18(23)24)8-12(7-10)19(25)26/h1-8,13H,(H,20,21)(H2,16,17,22)/t13-/m1/s1. The van der Waals surface area contributed by atoms with Gasteiger partial charge in [-0.3, -0.25) is 20.2 Å². The van der Waals surface area contributed by atoms with Crippen LogP contribution in [0, 0.1) is 20.2 Å². The van der Waals surface area contributed by atoms with E-state index < -0.39 is 39.3 Å². The molecule has 0 bridgehead atoms. The van der Waals surface area contributed by atoms with Crippen LogP contribution in [0.3, 0.4) is 0 Å². The first-order valence-corrected chi connectivity index (χ1v) is 7.07. The summed E-state index contributed by atoms with van der Waals surface area (Å²) in [6, 6.07) is 8.08. The number of nitro groups is 2. The molecule has 0 aliphatic carbocycles. The SMILES string of the molecule is O=C(Nc1cc([N+](=O)[O-])cc([N+](=O)[O-])c1)N[C@@H](C(=O)O)c1ccccc1. The minimum atomic E-state index is -1.37. The Morgan fingerprint density at radius 1 is 0.962 bits per heavy atom. The Hall–Kier alpha value is -4.02. The van der Waals surface area contributed by atoms with E-state index in [1.807, 2.05) is 0 Å². The highest BCUT2D eigenvalue weighted by atomic mass is 16.6. The van der Waals surface area contributed by atoms with Gasteiger partial charge < -0.3 is 15.7 Å². The molecule has 0 spiro atoms. The van der Waals surface area contributed by atoms with Gasteiger partial charge in [-0.25, -0.2) is 9.59 Å². The van der Waals surface area contributed by atoms with E-state index >= 15 is 0 Å². The summed E-state index contributed by atoms with van der Waals surface area (Å²) < 4.78 is 0. The molecule has 26 heavy (non-hydrogen) atoms. The van der Waals surface area contributed by atoms with Gasteiger partial charge in [-0.05, 0) is 5.56 Å². The molecule has 2 rings (SSSR count). The Kier molecular flexibility index (Phi) is 5.43. The lowest BCUT2D eigenvalue weighted by Crippen LogP contribution is -2.36. The molecule has 0 aromatic heterocycles. The quantitative estimate of drug-likeness (QED) is 0.525. The molecule has 1 atom stereocenters. The van der Waals surface area contributed by atoms with Crippen LogP contribution in [0.5, 0.6) is 0 Å². The number of nitro benzene ring substituents is 2. The number of hydrogen-bond donors (Lipinski definition) is 3. The Bertz CT molecular complexity index is 837. The summed E-state index contributed by atoms with van der Waals surface area (Å²) in [5.41, 5.74) is -1.10. The van der Waals surface area contributed by atoms with Crippen LogP contribution in [0.25, 0.3) is 0 Å². The van der Waals surface area contributed by atoms with Gasteiger partial charge in [0.05, 0.1) is 21.6 Å². The second kappa shape index (κ2) is 7.70. The molecule has 0 saturated heterocycles. The van der Waals surface area contributed by atoms with Crippen LogP contribution in [0.4, 0.5) is 21.9 Å². The molecule has 0 aliphatic rings. The van der Waals surface area contributed by atoms with Gasteiger partial charge in [0.1, 0.15) is 0 Å². The van der Waals surface area contributed by atoms with Gasteiger partial charge in [0, 0.05) is 12.1 Å². The topological polar surface area (TPSA) is 165 Å². The average molecular weight is 360 g/mol. The summed E-state index contributed by atoms with van der Waals surface area (Å²) >= 11 is 0. The summed E-state index contributed by atoms with van der Waals surface area (Å²) in [6.45, 7) is 0. The highest BCUT2D eigenvalue weighted by Gasteiger charge is 2.23. The van der Waals surface area contributed by atoms with Crippen LogP contribution in [0.1, 0.15) is 11.6 Å². The van der Waals surface area contributed by atoms with Crippen LogP contribution in [0.2, 0.25) is 0 Å². The van der Waals surface area contributed by atoms with Crippen molar-refractivity contribution in [2.45, 2.75) is 6.04 Å². The van der Waals surface area contributed by atoms with E-state index in [1.54, 1.807) is 18.2 Å². The highest BCUT2D eigenvalue weighted by molar-refractivity contribution is 5.93. The zero-order valence-corrected chi connectivity index (χ0v) is 13.0. The van der Waals surface area contributed by atoms with Gasteiger partial charge in [-0.15, -0.1) is 0 Å². The fraction of sp³-hybridized carbons (Fsp3) is 0.0667. The molecule has 2 aromatic carbocycles. The Balaban J connectivity index is 2.22. The monoisotopic (exact) mass is 360 g/mol. The maximum atomic E-state index is 12.0. The van der Waals surface area contributed by atoms with Crippen LogP contribution in [-0.4, -0.2) is 27.0 Å². The molecule has 0 aliphatic heterocycles. The number of amides is 2. The zero-order chi connectivity index (χ0) is 19.3. The van der Waals surface area contributed by atoms with E-state index in [0.717, 1.165) is 18.2 Å². The number of urea groups is 1. The lowest BCUT2D eigenvalue weighted by molar-refractivity contribution is -0.394. The molecule has 0 radical (unpaired) electrons. The van der Waals surface area contributed by atoms with E-state index in [9.17, 15) is 34.9 Å². The van der Waals surface area contributed by atoms with Crippen LogP contribution in [-0.2, 0) is 4.79 Å². The maximum absolute atomic E-state index is 12.0. The number of carbonyl (C=O) groups is 2. The predicted octanol–water partition coefficient (Wildman–Crippen LogP) is 2.45. The van der Waals surface area contributed by atoms with Gasteiger partial charge in [0.15, 0.2) is 6.04 Å². The van der Waals surface area contributed by atoms with Crippen molar-refractivity contribution in [2.75, 3.05) is 5.32 Å². The molecule has 134 valence electrons. The molecule has 0 unspecified atom stereocenters. The third-order valence-corrected chi connectivity index (χ3v) is 3.24. The first-order chi connectivity index (χ1) is 12.3. The summed E-state index contributed by atoms with van der Waals surface area (Å²) in [7, 11) is 0. The predicted molar refractivity (Wildman–Crippen MR) is 88.7 cm³/mol. The van der Waals surface area contributed by atoms with Gasteiger partial charge >= 0.3 is 12.0 Å². The molecular formula is C15H12N4O7. The lowest BCUT2D eigenvalue weighted by atomic mass is 10.1. The number of nitrogens with one attached hydrogen (secondary N) is 2. The van der Waals surface area contributed by atoms with Gasteiger partial charge in [-0.1, -0.05) is 30.3 Å². The molecule has 0 saturated carbocycles. The minimum Gasteiger partial charge on any atom is -0.479 e. The molecule has 2 aromatic rings. The van der Waals surface area contributed by atoms with Gasteiger partial charge in [0.2, 0.25) is 0 Å². The number of carboxylic acid groups (broad SMARTS) is 1. The van der Waals surface area contributed by atoms with E-state index in [4.69, 9.17) is 0 Å². The van der Waals surface area contributed by atoms with Crippen molar-refractivity contribution < 1.29 is 24.5 Å². The van der Waals surface area contributed by atoms with Crippen molar-refractivity contribution >= 4 is 29.1 Å². The van der Waals surface area contributed by atoms with Crippen molar-refractivity contribution in [3.63, 3.8) is 0 Å². The van der Waals surface area contributed by atoms with Crippen molar-refractivity contribution in [1.29, 1.82) is 0 Å². The minimum absolute atomic E-state index is 0.222. The van der Waals surface area contributed by atoms with Crippen molar-refractivity contribution in [2.24, 2.45) is 0 Å². The molecule has 0 fully saturated rings. The number of carboxylic acids is 1. The fourth-order valence-electron chi connectivity index (χ4n) is 2.11. The van der Waals surface area contributed by atoms with Gasteiger partial charge in [-0.2, -0.15) is 0 Å². The van der Waals surface area contributed by atoms with Crippen molar-refractivity contribution in [3.8, 4) is 0 Å². The van der Waals surface area contributed by atoms with E-state index in [-0.39, 0.29) is 5.69 Å². The third kappa shape index (κ3) is 4.50. The molecular weight excluding hydrogens is 348 g/mol. The summed E-state index contributed by atoms with van der Waals surface area (Å²) in [5.74, 6) is -1.32. The largest absolute Gasteiger partial charge is 0.479 e. The molecule has 3 N–H and O–H groups in total. The number of hydrogen-bond acceptors (Lipinski definition) is 6. The second-order valence-corrected chi connectivity index (χ2v) is 5.03. The zero-order valence-electron chi connectivity index (χ0n) is 13.0. The third-order valence-electron chi connectivity index (χ3n) is 3.24. The smallest absolute Gasteiger partial charge is 0.330 e. The number of anilines is 1. The van der Waals surface area contributed by atoms with E-state index in [1.165, 1.54) is 12.1 Å². The lowest BCUT2D eigenvalue weighted by Gasteiger charge is -2.15. The number of aliphatic carboxylic acids is 1. The molecule has 11 nitrogen and oxygen atoms in total. The first-order valence-electron chi connectivity index (χ1n) is 7.07. The summed E-state index contributed by atoms with van der Waals surface area (Å²) in [6.07, 6.45) is 0. The van der Waals surface area contributed by atoms with E-state index in [0.29, 0.717) is 5.56 Å². The van der Waals surface area contributed by atoms with Crippen molar-refractivity contribution in [3.05, 3.63) is 74.3 Å². The number of benzene rings is 2. The number of carbonyl (C=O) groups excluding carboxylic acids is 1. The Labute approximate surface area is 145 Å². The maximum Gasteiger partial charge on any atom is 0.330 e. The Morgan fingerprint density at radius 3 is 1.96 bits per heavy atom. The average Bonchev–Trinajstić information content (AvgIpc) is 2.59. The summed E-state index contributed by atoms with van der Waals surface area (Å²) in [5, 5.41) is 35.3. The Morgan fingerprint density at radius 2 is 1.50 bits per heavy atom. The highest BCUT2D eigenvalue weighted by Crippen LogP contribution is 2.26. The number of nitrogens with zero attached hydrogens (tertiary/aromatic N) is 2. The second-order valence-electron chi connectivity index (χ2n) is 5.03. The summed E-state index contributed by atoms with van der Waals surface area (Å²) in [4.78, 5) is 43.4. The molecule has 11 heteroatoms. The molecule has 0 heterocycles. The normalized spacial score (nSPS) is 11.2. The van der Waals surface area contributed by atoms with Crippen LogP contribution < -0.4 is 10.6 Å². The van der Waals surface area contributed by atoms with Crippen molar-refractivity contribution in [1.82, 2.24) is 5.32 Å². The van der Waals surface area contributed by atoms with Crippen LogP contribution in [0.15, 0.2) is 48.5 Å². The molecule has 2 amide bonds. The van der Waals surface area contributed by atoms with E-state index in [2.05, 4.69) is 10.6 Å². The number of non-ortho nitro benzene ring substituents is 2. The van der Waals surface area contributed by atoms with Gasteiger partial charge in [0.25, 0.3) is 11.4 Å². The fourth-order valence-corrected chi connectivity index (χ4v) is 2.11. The van der Waals surface area contributed by atoms with Crippen LogP contribution >= 0.6 is 0 Å². The first kappa shape index (κ1) is 18.3. The number of rotatable bonds is 6.